The van der Waals surface area contributed by atoms with Crippen LogP contribution in [0, 0.1) is 5.41 Å². The number of amides is 1. The lowest BCUT2D eigenvalue weighted by atomic mass is 9.89. The third-order valence-corrected chi connectivity index (χ3v) is 2.67. The van der Waals surface area contributed by atoms with Crippen molar-refractivity contribution in [2.45, 2.75) is 46.3 Å². The molecule has 1 saturated heterocycles. The highest BCUT2D eigenvalue weighted by Crippen LogP contribution is 2.28. The second-order valence-electron chi connectivity index (χ2n) is 5.96. The highest BCUT2D eigenvalue weighted by molar-refractivity contribution is 5.68. The third kappa shape index (κ3) is 3.09. The number of likely N-dealkylation sites (tertiary alicyclic amines) is 1. The van der Waals surface area contributed by atoms with Gasteiger partial charge in [-0.25, -0.2) is 4.79 Å². The smallest absolute Gasteiger partial charge is 0.410 e. The Morgan fingerprint density at radius 3 is 2.33 bits per heavy atom. The van der Waals surface area contributed by atoms with Gasteiger partial charge in [0.25, 0.3) is 0 Å². The molecule has 4 nitrogen and oxygen atoms in total. The average Bonchev–Trinajstić information content (AvgIpc) is 2.23. The number of rotatable bonds is 0. The fraction of sp³-hybridized carbons (Fsp3) is 0.909. The number of ether oxygens (including phenoxy) is 1. The zero-order valence-corrected chi connectivity index (χ0v) is 10.3. The summed E-state index contributed by atoms with van der Waals surface area (Å²) < 4.78 is 5.29. The Bertz CT molecular complexity index is 256. The molecular weight excluding hydrogens is 192 g/mol. The maximum atomic E-state index is 11.7. The van der Waals surface area contributed by atoms with Gasteiger partial charge in [0.2, 0.25) is 0 Å². The van der Waals surface area contributed by atoms with E-state index in [1.165, 1.54) is 0 Å². The first-order valence-corrected chi connectivity index (χ1v) is 5.35. The Kier molecular flexibility index (Phi) is 3.01. The maximum absolute atomic E-state index is 11.7. The summed E-state index contributed by atoms with van der Waals surface area (Å²) in [6, 6.07) is 0.0324. The number of hydrogen-bond donors (Lipinski definition) is 1. The molecule has 1 fully saturated rings. The van der Waals surface area contributed by atoms with Crippen LogP contribution in [0.2, 0.25) is 0 Å². The van der Waals surface area contributed by atoms with Gasteiger partial charge in [-0.3, -0.25) is 0 Å². The third-order valence-electron chi connectivity index (χ3n) is 2.67. The molecule has 4 heteroatoms. The second kappa shape index (κ2) is 3.67. The molecule has 1 aliphatic heterocycles. The van der Waals surface area contributed by atoms with Gasteiger partial charge in [-0.2, -0.15) is 0 Å². The van der Waals surface area contributed by atoms with E-state index in [4.69, 9.17) is 10.5 Å². The molecule has 88 valence electrons. The highest BCUT2D eigenvalue weighted by Gasteiger charge is 2.40. The summed E-state index contributed by atoms with van der Waals surface area (Å²) in [4.78, 5) is 13.4. The summed E-state index contributed by atoms with van der Waals surface area (Å²) in [5.74, 6) is 0. The van der Waals surface area contributed by atoms with Crippen LogP contribution >= 0.6 is 0 Å². The summed E-state index contributed by atoms with van der Waals surface area (Å²) in [6.07, 6.45) is -0.261. The van der Waals surface area contributed by atoms with E-state index in [0.717, 1.165) is 0 Å². The fourth-order valence-electron chi connectivity index (χ4n) is 1.62. The van der Waals surface area contributed by atoms with Crippen LogP contribution < -0.4 is 5.73 Å². The minimum atomic E-state index is -0.437. The predicted octanol–water partition coefficient (Wildman–Crippen LogP) is 1.59. The fourth-order valence-corrected chi connectivity index (χ4v) is 1.62. The molecule has 0 aromatic carbocycles. The number of hydrogen-bond acceptors (Lipinski definition) is 3. The van der Waals surface area contributed by atoms with E-state index >= 15 is 0 Å². The van der Waals surface area contributed by atoms with Gasteiger partial charge < -0.3 is 15.4 Å². The molecule has 0 aromatic heterocycles. The van der Waals surface area contributed by atoms with E-state index in [0.29, 0.717) is 13.1 Å². The molecule has 1 rings (SSSR count). The quantitative estimate of drug-likeness (QED) is 0.666. The van der Waals surface area contributed by atoms with Crippen LogP contribution in [0.3, 0.4) is 0 Å². The summed E-state index contributed by atoms with van der Waals surface area (Å²) in [7, 11) is 0. The van der Waals surface area contributed by atoms with Crippen molar-refractivity contribution in [1.82, 2.24) is 4.90 Å². The molecule has 1 amide bonds. The van der Waals surface area contributed by atoms with E-state index in [2.05, 4.69) is 13.8 Å². The molecule has 0 aromatic rings. The Labute approximate surface area is 91.8 Å². The molecule has 1 atom stereocenters. The topological polar surface area (TPSA) is 55.6 Å². The largest absolute Gasteiger partial charge is 0.444 e. The van der Waals surface area contributed by atoms with Crippen LogP contribution in [-0.2, 0) is 4.74 Å². The molecule has 0 saturated carbocycles. The minimum absolute atomic E-state index is 0.0170. The van der Waals surface area contributed by atoms with Crippen molar-refractivity contribution in [3.8, 4) is 0 Å². The summed E-state index contributed by atoms with van der Waals surface area (Å²) in [5, 5.41) is 0. The number of carbonyl (C=O) groups is 1. The summed E-state index contributed by atoms with van der Waals surface area (Å²) in [6.45, 7) is 11.0. The van der Waals surface area contributed by atoms with Crippen molar-refractivity contribution in [3.05, 3.63) is 0 Å². The Morgan fingerprint density at radius 2 is 2.00 bits per heavy atom. The second-order valence-corrected chi connectivity index (χ2v) is 5.96. The van der Waals surface area contributed by atoms with Crippen molar-refractivity contribution in [2.75, 3.05) is 13.1 Å². The summed E-state index contributed by atoms with van der Waals surface area (Å²) in [5.41, 5.74) is 5.50. The number of nitrogens with zero attached hydrogens (tertiary/aromatic N) is 1. The number of carbonyl (C=O) groups excluding carboxylic acids is 1. The lowest BCUT2D eigenvalue weighted by molar-refractivity contribution is 0.0278. The molecule has 0 spiro atoms. The van der Waals surface area contributed by atoms with Crippen molar-refractivity contribution >= 4 is 6.09 Å². The van der Waals surface area contributed by atoms with E-state index in [1.807, 2.05) is 20.8 Å². The Hall–Kier alpha value is -0.770. The van der Waals surface area contributed by atoms with E-state index in [-0.39, 0.29) is 17.6 Å². The van der Waals surface area contributed by atoms with Gasteiger partial charge in [0.1, 0.15) is 5.60 Å². The summed E-state index contributed by atoms with van der Waals surface area (Å²) >= 11 is 0. The van der Waals surface area contributed by atoms with Gasteiger partial charge in [-0.1, -0.05) is 13.8 Å². The molecule has 2 N–H and O–H groups in total. The molecule has 1 heterocycles. The highest BCUT2D eigenvalue weighted by atomic mass is 16.6. The van der Waals surface area contributed by atoms with Crippen LogP contribution in [0.15, 0.2) is 0 Å². The number of nitrogens with two attached hydrogens (primary N) is 1. The maximum Gasteiger partial charge on any atom is 0.410 e. The van der Waals surface area contributed by atoms with E-state index in [9.17, 15) is 4.79 Å². The molecule has 0 radical (unpaired) electrons. The zero-order valence-electron chi connectivity index (χ0n) is 10.3. The molecular formula is C11H22N2O2. The van der Waals surface area contributed by atoms with Gasteiger partial charge >= 0.3 is 6.09 Å². The first kappa shape index (κ1) is 12.3. The van der Waals surface area contributed by atoms with Gasteiger partial charge in [-0.05, 0) is 26.2 Å². The minimum Gasteiger partial charge on any atom is -0.444 e. The molecule has 0 bridgehead atoms. The molecule has 0 aliphatic carbocycles. The lowest BCUT2D eigenvalue weighted by Crippen LogP contribution is -2.37. The standard InChI is InChI=1S/C11H22N2O2/c1-10(2,3)15-9(14)13-6-8(12)11(4,5)7-13/h8H,6-7,12H2,1-5H3/t8-/m1/s1. The lowest BCUT2D eigenvalue weighted by Gasteiger charge is -2.25. The van der Waals surface area contributed by atoms with Crippen LogP contribution in [0.5, 0.6) is 0 Å². The van der Waals surface area contributed by atoms with Crippen LogP contribution in [0.1, 0.15) is 34.6 Å². The van der Waals surface area contributed by atoms with E-state index < -0.39 is 5.60 Å². The monoisotopic (exact) mass is 214 g/mol. The van der Waals surface area contributed by atoms with Crippen molar-refractivity contribution in [1.29, 1.82) is 0 Å². The van der Waals surface area contributed by atoms with Crippen molar-refractivity contribution < 1.29 is 9.53 Å². The van der Waals surface area contributed by atoms with Crippen LogP contribution in [0.4, 0.5) is 4.79 Å². The van der Waals surface area contributed by atoms with Crippen molar-refractivity contribution in [3.63, 3.8) is 0 Å². The predicted molar refractivity (Wildman–Crippen MR) is 59.6 cm³/mol. The van der Waals surface area contributed by atoms with Gasteiger partial charge in [0.05, 0.1) is 0 Å². The normalized spacial score (nSPS) is 25.5. The van der Waals surface area contributed by atoms with Crippen LogP contribution in [0.25, 0.3) is 0 Å². The first-order valence-electron chi connectivity index (χ1n) is 5.35. The average molecular weight is 214 g/mol. The molecule has 15 heavy (non-hydrogen) atoms. The first-order chi connectivity index (χ1) is 6.62. The Balaban J connectivity index is 2.58. The molecule has 0 unspecified atom stereocenters. The van der Waals surface area contributed by atoms with Gasteiger partial charge in [0.15, 0.2) is 0 Å². The van der Waals surface area contributed by atoms with Gasteiger partial charge in [0, 0.05) is 19.1 Å². The zero-order chi connectivity index (χ0) is 11.9. The Morgan fingerprint density at radius 1 is 1.47 bits per heavy atom. The van der Waals surface area contributed by atoms with Gasteiger partial charge in [-0.15, -0.1) is 0 Å². The SMILES string of the molecule is CC(C)(C)OC(=O)N1C[C@@H](N)C(C)(C)C1. The van der Waals surface area contributed by atoms with Crippen LogP contribution in [-0.4, -0.2) is 35.7 Å². The van der Waals surface area contributed by atoms with Crippen molar-refractivity contribution in [2.24, 2.45) is 11.1 Å². The molecule has 1 aliphatic rings. The van der Waals surface area contributed by atoms with E-state index in [1.54, 1.807) is 4.90 Å².